The molecule has 0 heterocycles. The molecule has 0 bridgehead atoms. The predicted molar refractivity (Wildman–Crippen MR) is 63.8 cm³/mol. The average Bonchev–Trinajstić information content (AvgIpc) is 2.15. The number of carbonyl (C=O) groups excluding carboxylic acids is 1. The van der Waals surface area contributed by atoms with Gasteiger partial charge in [0.2, 0.25) is 5.12 Å². The van der Waals surface area contributed by atoms with E-state index in [0.717, 1.165) is 0 Å². The Morgan fingerprint density at radius 1 is 1.27 bits per heavy atom. The summed E-state index contributed by atoms with van der Waals surface area (Å²) in [6, 6.07) is 9.00. The molecule has 0 aliphatic rings. The maximum atomic E-state index is 11.7. The Morgan fingerprint density at radius 3 is 2.27 bits per heavy atom. The molecule has 0 amide bonds. The van der Waals surface area contributed by atoms with E-state index in [4.69, 9.17) is 0 Å². The SMILES string of the molecule is CC(C)(C)SC(=O)[C@H](O)c1ccccc1. The molecule has 1 N–H and O–H groups in total. The molecule has 1 aromatic carbocycles. The number of aliphatic hydroxyl groups excluding tert-OH is 1. The summed E-state index contributed by atoms with van der Waals surface area (Å²) in [7, 11) is 0. The maximum Gasteiger partial charge on any atom is 0.222 e. The van der Waals surface area contributed by atoms with Crippen LogP contribution in [0.1, 0.15) is 32.4 Å². The summed E-state index contributed by atoms with van der Waals surface area (Å²) >= 11 is 1.17. The molecule has 0 aliphatic heterocycles. The molecule has 1 atom stereocenters. The Hall–Kier alpha value is -0.800. The molecule has 0 fully saturated rings. The smallest absolute Gasteiger partial charge is 0.222 e. The first-order valence-electron chi connectivity index (χ1n) is 4.86. The van der Waals surface area contributed by atoms with Gasteiger partial charge in [-0.2, -0.15) is 0 Å². The third kappa shape index (κ3) is 4.06. The monoisotopic (exact) mass is 224 g/mol. The van der Waals surface area contributed by atoms with Gasteiger partial charge in [0.25, 0.3) is 0 Å². The lowest BCUT2D eigenvalue weighted by Gasteiger charge is -2.18. The zero-order valence-electron chi connectivity index (χ0n) is 9.23. The largest absolute Gasteiger partial charge is 0.380 e. The molecule has 15 heavy (non-hydrogen) atoms. The van der Waals surface area contributed by atoms with Gasteiger partial charge in [0.15, 0.2) is 0 Å². The summed E-state index contributed by atoms with van der Waals surface area (Å²) in [6.45, 7) is 5.86. The lowest BCUT2D eigenvalue weighted by molar-refractivity contribution is -0.118. The van der Waals surface area contributed by atoms with Gasteiger partial charge < -0.3 is 5.11 Å². The average molecular weight is 224 g/mol. The summed E-state index contributed by atoms with van der Waals surface area (Å²) in [6.07, 6.45) is -1.02. The van der Waals surface area contributed by atoms with E-state index in [9.17, 15) is 9.90 Å². The third-order valence-electron chi connectivity index (χ3n) is 1.75. The second-order valence-electron chi connectivity index (χ2n) is 4.35. The predicted octanol–water partition coefficient (Wildman–Crippen LogP) is 2.78. The summed E-state index contributed by atoms with van der Waals surface area (Å²) in [5.74, 6) is 0. The van der Waals surface area contributed by atoms with Crippen LogP contribution in [0, 0.1) is 0 Å². The van der Waals surface area contributed by atoms with Gasteiger partial charge in [-0.1, -0.05) is 62.9 Å². The van der Waals surface area contributed by atoms with Crippen LogP contribution < -0.4 is 0 Å². The van der Waals surface area contributed by atoms with Gasteiger partial charge in [0, 0.05) is 4.75 Å². The van der Waals surface area contributed by atoms with Crippen molar-refractivity contribution in [3.63, 3.8) is 0 Å². The number of aliphatic hydroxyl groups is 1. The van der Waals surface area contributed by atoms with Crippen LogP contribution in [0.5, 0.6) is 0 Å². The van der Waals surface area contributed by atoms with E-state index >= 15 is 0 Å². The summed E-state index contributed by atoms with van der Waals surface area (Å²) in [5.41, 5.74) is 0.652. The Labute approximate surface area is 94.7 Å². The van der Waals surface area contributed by atoms with Crippen molar-refractivity contribution >= 4 is 16.9 Å². The molecule has 0 spiro atoms. The fourth-order valence-corrected chi connectivity index (χ4v) is 1.98. The fourth-order valence-electron chi connectivity index (χ4n) is 1.13. The molecule has 82 valence electrons. The fraction of sp³-hybridized carbons (Fsp3) is 0.417. The Morgan fingerprint density at radius 2 is 1.80 bits per heavy atom. The molecule has 0 aliphatic carbocycles. The first-order valence-corrected chi connectivity index (χ1v) is 5.68. The molecule has 3 heteroatoms. The molecule has 0 unspecified atom stereocenters. The number of carbonyl (C=O) groups is 1. The van der Waals surface area contributed by atoms with Crippen molar-refractivity contribution in [3.05, 3.63) is 35.9 Å². The Kier molecular flexibility index (Phi) is 3.94. The molecule has 1 rings (SSSR count). The minimum absolute atomic E-state index is 0.160. The van der Waals surface area contributed by atoms with Gasteiger partial charge in [0.1, 0.15) is 6.10 Å². The van der Waals surface area contributed by atoms with Gasteiger partial charge >= 0.3 is 0 Å². The molecule has 2 nitrogen and oxygen atoms in total. The van der Waals surface area contributed by atoms with Gasteiger partial charge in [-0.25, -0.2) is 0 Å². The van der Waals surface area contributed by atoms with Crippen LogP contribution in [0.2, 0.25) is 0 Å². The molecule has 0 saturated heterocycles. The highest BCUT2D eigenvalue weighted by Gasteiger charge is 2.23. The Bertz CT molecular complexity index is 327. The van der Waals surface area contributed by atoms with E-state index < -0.39 is 6.10 Å². The topological polar surface area (TPSA) is 37.3 Å². The van der Waals surface area contributed by atoms with Crippen LogP contribution in [0.25, 0.3) is 0 Å². The number of hydrogen-bond donors (Lipinski definition) is 1. The van der Waals surface area contributed by atoms with Crippen LogP contribution in [-0.4, -0.2) is 15.0 Å². The van der Waals surface area contributed by atoms with Crippen molar-refractivity contribution in [2.45, 2.75) is 31.6 Å². The second-order valence-corrected chi connectivity index (χ2v) is 6.18. The first-order chi connectivity index (χ1) is 6.90. The molecule has 0 radical (unpaired) electrons. The molecule has 0 aromatic heterocycles. The number of rotatable bonds is 2. The van der Waals surface area contributed by atoms with Crippen LogP contribution >= 0.6 is 11.8 Å². The van der Waals surface area contributed by atoms with Crippen molar-refractivity contribution in [1.82, 2.24) is 0 Å². The second kappa shape index (κ2) is 4.81. The van der Waals surface area contributed by atoms with Crippen molar-refractivity contribution in [1.29, 1.82) is 0 Å². The highest BCUT2D eigenvalue weighted by atomic mass is 32.2. The van der Waals surface area contributed by atoms with Crippen LogP contribution in [-0.2, 0) is 4.79 Å². The van der Waals surface area contributed by atoms with Gasteiger partial charge in [-0.15, -0.1) is 0 Å². The molecular formula is C12H16O2S. The van der Waals surface area contributed by atoms with E-state index in [-0.39, 0.29) is 9.86 Å². The number of hydrogen-bond acceptors (Lipinski definition) is 3. The molecule has 0 saturated carbocycles. The standard InChI is InChI=1S/C12H16O2S/c1-12(2,3)15-11(14)10(13)9-7-5-4-6-8-9/h4-8,10,13H,1-3H3/t10-/m1/s1. The zero-order chi connectivity index (χ0) is 11.5. The lowest BCUT2D eigenvalue weighted by Crippen LogP contribution is -2.17. The van der Waals surface area contributed by atoms with E-state index in [1.165, 1.54) is 11.8 Å². The molecular weight excluding hydrogens is 208 g/mol. The van der Waals surface area contributed by atoms with Crippen LogP contribution in [0.15, 0.2) is 30.3 Å². The third-order valence-corrected chi connectivity index (χ3v) is 2.78. The summed E-state index contributed by atoms with van der Waals surface area (Å²) in [4.78, 5) is 11.7. The highest BCUT2D eigenvalue weighted by Crippen LogP contribution is 2.29. The van der Waals surface area contributed by atoms with Crippen LogP contribution in [0.3, 0.4) is 0 Å². The van der Waals surface area contributed by atoms with Gasteiger partial charge in [-0.05, 0) is 5.56 Å². The number of benzene rings is 1. The summed E-state index contributed by atoms with van der Waals surface area (Å²) in [5, 5.41) is 9.58. The van der Waals surface area contributed by atoms with Gasteiger partial charge in [-0.3, -0.25) is 4.79 Å². The van der Waals surface area contributed by atoms with Crippen molar-refractivity contribution < 1.29 is 9.90 Å². The van der Waals surface area contributed by atoms with Crippen molar-refractivity contribution in [2.24, 2.45) is 0 Å². The molecule has 1 aromatic rings. The minimum Gasteiger partial charge on any atom is -0.380 e. The van der Waals surface area contributed by atoms with Crippen molar-refractivity contribution in [3.8, 4) is 0 Å². The zero-order valence-corrected chi connectivity index (χ0v) is 10.0. The van der Waals surface area contributed by atoms with E-state index in [1.54, 1.807) is 12.1 Å². The number of thioether (sulfide) groups is 1. The lowest BCUT2D eigenvalue weighted by atomic mass is 10.1. The first kappa shape index (κ1) is 12.3. The normalized spacial score (nSPS) is 13.6. The van der Waals surface area contributed by atoms with E-state index in [0.29, 0.717) is 5.56 Å². The minimum atomic E-state index is -1.02. The highest BCUT2D eigenvalue weighted by molar-refractivity contribution is 8.14. The van der Waals surface area contributed by atoms with Crippen molar-refractivity contribution in [2.75, 3.05) is 0 Å². The quantitative estimate of drug-likeness (QED) is 0.839. The maximum absolute atomic E-state index is 11.7. The Balaban J connectivity index is 2.70. The van der Waals surface area contributed by atoms with Crippen LogP contribution in [0.4, 0.5) is 0 Å². The van der Waals surface area contributed by atoms with E-state index in [1.807, 2.05) is 39.0 Å². The van der Waals surface area contributed by atoms with Gasteiger partial charge in [0.05, 0.1) is 0 Å². The van der Waals surface area contributed by atoms with E-state index in [2.05, 4.69) is 0 Å². The summed E-state index contributed by atoms with van der Waals surface area (Å²) < 4.78 is -0.160.